The molecule has 102 valence electrons. The number of carbonyl (C=O) groups is 1. The molecule has 0 spiro atoms. The minimum absolute atomic E-state index is 0.0751. The van der Waals surface area contributed by atoms with Crippen LogP contribution in [0.2, 0.25) is 0 Å². The Labute approximate surface area is 111 Å². The van der Waals surface area contributed by atoms with Crippen LogP contribution in [-0.2, 0) is 9.53 Å². The Balaban J connectivity index is 1.78. The topological polar surface area (TPSA) is 68.5 Å². The molecule has 0 aliphatic carbocycles. The maximum Gasteiger partial charge on any atom is 0.250 e. The first kappa shape index (κ1) is 13.5. The summed E-state index contributed by atoms with van der Waals surface area (Å²) in [6.45, 7) is 2.83. The number of ether oxygens (including phenoxy) is 1. The van der Waals surface area contributed by atoms with Gasteiger partial charge in [0, 0.05) is 25.2 Å². The molecule has 0 aliphatic heterocycles. The quantitative estimate of drug-likeness (QED) is 0.773. The van der Waals surface area contributed by atoms with Crippen LogP contribution in [0.4, 0.5) is 5.69 Å². The molecule has 6 nitrogen and oxygen atoms in total. The van der Waals surface area contributed by atoms with E-state index < -0.39 is 0 Å². The molecule has 2 rings (SSSR count). The van der Waals surface area contributed by atoms with Gasteiger partial charge in [0.2, 0.25) is 11.7 Å². The van der Waals surface area contributed by atoms with Crippen LogP contribution in [0.25, 0.3) is 5.78 Å². The van der Waals surface area contributed by atoms with Crippen molar-refractivity contribution in [3.05, 3.63) is 24.8 Å². The number of rotatable bonds is 7. The molecule has 1 N–H and O–H groups in total. The molecule has 0 unspecified atom stereocenters. The zero-order valence-electron chi connectivity index (χ0n) is 11.0. The first-order valence-corrected chi connectivity index (χ1v) is 6.46. The molecule has 2 aromatic heterocycles. The smallest absolute Gasteiger partial charge is 0.250 e. The number of hydrogen-bond acceptors (Lipinski definition) is 4. The van der Waals surface area contributed by atoms with Gasteiger partial charge in [0.1, 0.15) is 6.61 Å². The lowest BCUT2D eigenvalue weighted by Gasteiger charge is -2.06. The van der Waals surface area contributed by atoms with Crippen molar-refractivity contribution in [2.75, 3.05) is 18.5 Å². The summed E-state index contributed by atoms with van der Waals surface area (Å²) >= 11 is 0. The fourth-order valence-electron chi connectivity index (χ4n) is 1.70. The van der Waals surface area contributed by atoms with Gasteiger partial charge in [-0.05, 0) is 6.42 Å². The van der Waals surface area contributed by atoms with Crippen molar-refractivity contribution < 1.29 is 9.53 Å². The third-order valence-electron chi connectivity index (χ3n) is 2.65. The van der Waals surface area contributed by atoms with E-state index in [0.29, 0.717) is 18.1 Å². The van der Waals surface area contributed by atoms with Gasteiger partial charge in [-0.3, -0.25) is 9.20 Å². The number of aromatic nitrogens is 3. The molecule has 6 heteroatoms. The van der Waals surface area contributed by atoms with Crippen LogP contribution in [0.15, 0.2) is 24.8 Å². The maximum atomic E-state index is 11.6. The van der Waals surface area contributed by atoms with E-state index in [0.717, 1.165) is 19.3 Å². The predicted octanol–water partition coefficient (Wildman–Crippen LogP) is 1.87. The summed E-state index contributed by atoms with van der Waals surface area (Å²) in [6.07, 6.45) is 10.0. The number of hydrogen-bond donors (Lipinski definition) is 1. The monoisotopic (exact) mass is 262 g/mol. The van der Waals surface area contributed by atoms with Gasteiger partial charge in [-0.15, -0.1) is 0 Å². The summed E-state index contributed by atoms with van der Waals surface area (Å²) in [6, 6.07) is 0. The van der Waals surface area contributed by atoms with E-state index in [2.05, 4.69) is 22.2 Å². The first-order valence-electron chi connectivity index (χ1n) is 6.46. The van der Waals surface area contributed by atoms with Gasteiger partial charge in [0.15, 0.2) is 0 Å². The predicted molar refractivity (Wildman–Crippen MR) is 72.0 cm³/mol. The number of nitrogens with one attached hydrogen (secondary N) is 1. The summed E-state index contributed by atoms with van der Waals surface area (Å²) in [5.41, 5.74) is 0.632. The average molecular weight is 262 g/mol. The lowest BCUT2D eigenvalue weighted by atomic mass is 10.3. The van der Waals surface area contributed by atoms with Gasteiger partial charge in [-0.2, -0.15) is 0 Å². The second kappa shape index (κ2) is 6.84. The Morgan fingerprint density at radius 2 is 2.32 bits per heavy atom. The number of unbranched alkanes of at least 4 members (excludes halogenated alkanes) is 2. The standard InChI is InChI=1S/C13H18N4O2/c1-2-3-4-7-19-10-12(18)16-11-8-15-13-14-5-6-17(13)9-11/h5-6,8-9H,2-4,7,10H2,1H3,(H,16,18). The van der Waals surface area contributed by atoms with E-state index >= 15 is 0 Å². The Morgan fingerprint density at radius 1 is 1.42 bits per heavy atom. The second-order valence-corrected chi connectivity index (χ2v) is 4.29. The fourth-order valence-corrected chi connectivity index (χ4v) is 1.70. The molecular weight excluding hydrogens is 244 g/mol. The van der Waals surface area contributed by atoms with Gasteiger partial charge < -0.3 is 10.1 Å². The molecule has 0 radical (unpaired) electrons. The molecule has 0 saturated carbocycles. The van der Waals surface area contributed by atoms with Gasteiger partial charge in [-0.25, -0.2) is 9.97 Å². The molecule has 19 heavy (non-hydrogen) atoms. The van der Waals surface area contributed by atoms with Crippen LogP contribution >= 0.6 is 0 Å². The minimum atomic E-state index is -0.169. The number of anilines is 1. The van der Waals surface area contributed by atoms with Crippen molar-refractivity contribution in [1.82, 2.24) is 14.4 Å². The highest BCUT2D eigenvalue weighted by atomic mass is 16.5. The van der Waals surface area contributed by atoms with Crippen molar-refractivity contribution in [2.24, 2.45) is 0 Å². The van der Waals surface area contributed by atoms with Gasteiger partial charge >= 0.3 is 0 Å². The van der Waals surface area contributed by atoms with Crippen molar-refractivity contribution in [1.29, 1.82) is 0 Å². The molecular formula is C13H18N4O2. The molecule has 2 heterocycles. The van der Waals surface area contributed by atoms with Crippen LogP contribution in [0, 0.1) is 0 Å². The molecule has 0 saturated heterocycles. The fraction of sp³-hybridized carbons (Fsp3) is 0.462. The molecule has 0 bridgehead atoms. The second-order valence-electron chi connectivity index (χ2n) is 4.29. The molecule has 1 amide bonds. The zero-order valence-corrected chi connectivity index (χ0v) is 11.0. The van der Waals surface area contributed by atoms with Crippen LogP contribution in [0.5, 0.6) is 0 Å². The van der Waals surface area contributed by atoms with Gasteiger partial charge in [-0.1, -0.05) is 19.8 Å². The van der Waals surface area contributed by atoms with Crippen molar-refractivity contribution in [2.45, 2.75) is 26.2 Å². The van der Waals surface area contributed by atoms with Crippen molar-refractivity contribution >= 4 is 17.4 Å². The van der Waals surface area contributed by atoms with E-state index in [4.69, 9.17) is 4.74 Å². The number of amides is 1. The summed E-state index contributed by atoms with van der Waals surface area (Å²) in [5, 5.41) is 2.74. The third kappa shape index (κ3) is 4.03. The molecule has 0 fully saturated rings. The molecule has 0 aliphatic rings. The lowest BCUT2D eigenvalue weighted by Crippen LogP contribution is -2.19. The third-order valence-corrected chi connectivity index (χ3v) is 2.65. The van der Waals surface area contributed by atoms with Gasteiger partial charge in [0.25, 0.3) is 0 Å². The van der Waals surface area contributed by atoms with Gasteiger partial charge in [0.05, 0.1) is 11.9 Å². The summed E-state index contributed by atoms with van der Waals surface area (Å²) in [5.74, 6) is 0.437. The summed E-state index contributed by atoms with van der Waals surface area (Å²) in [4.78, 5) is 19.8. The normalized spacial score (nSPS) is 10.8. The SMILES string of the molecule is CCCCCOCC(=O)Nc1cnc2nccn2c1. The Hall–Kier alpha value is -1.95. The zero-order chi connectivity index (χ0) is 13.5. The van der Waals surface area contributed by atoms with Crippen LogP contribution in [-0.4, -0.2) is 33.5 Å². The van der Waals surface area contributed by atoms with Crippen LogP contribution < -0.4 is 5.32 Å². The molecule has 0 aromatic carbocycles. The Bertz CT molecular complexity index is 538. The van der Waals surface area contributed by atoms with Crippen molar-refractivity contribution in [3.8, 4) is 0 Å². The highest BCUT2D eigenvalue weighted by Crippen LogP contribution is 2.06. The highest BCUT2D eigenvalue weighted by molar-refractivity contribution is 5.91. The van der Waals surface area contributed by atoms with E-state index in [1.165, 1.54) is 0 Å². The van der Waals surface area contributed by atoms with E-state index in [9.17, 15) is 4.79 Å². The van der Waals surface area contributed by atoms with Crippen molar-refractivity contribution in [3.63, 3.8) is 0 Å². The number of carbonyl (C=O) groups excluding carboxylic acids is 1. The molecule has 2 aromatic rings. The lowest BCUT2D eigenvalue weighted by molar-refractivity contribution is -0.120. The first-order chi connectivity index (χ1) is 9.29. The van der Waals surface area contributed by atoms with Crippen LogP contribution in [0.3, 0.4) is 0 Å². The number of nitrogens with zero attached hydrogens (tertiary/aromatic N) is 3. The van der Waals surface area contributed by atoms with E-state index in [1.807, 2.05) is 0 Å². The summed E-state index contributed by atoms with van der Waals surface area (Å²) < 4.78 is 7.04. The molecule has 0 atom stereocenters. The van der Waals surface area contributed by atoms with E-state index in [-0.39, 0.29) is 12.5 Å². The summed E-state index contributed by atoms with van der Waals surface area (Å²) in [7, 11) is 0. The number of fused-ring (bicyclic) bond motifs is 1. The highest BCUT2D eigenvalue weighted by Gasteiger charge is 2.04. The van der Waals surface area contributed by atoms with Crippen LogP contribution in [0.1, 0.15) is 26.2 Å². The largest absolute Gasteiger partial charge is 0.372 e. The Morgan fingerprint density at radius 3 is 3.16 bits per heavy atom. The Kier molecular flexibility index (Phi) is 4.85. The minimum Gasteiger partial charge on any atom is -0.372 e. The average Bonchev–Trinajstić information content (AvgIpc) is 2.86. The maximum absolute atomic E-state index is 11.6. The van der Waals surface area contributed by atoms with E-state index in [1.54, 1.807) is 29.2 Å². The number of imidazole rings is 1.